The van der Waals surface area contributed by atoms with Crippen molar-refractivity contribution in [3.8, 4) is 0 Å². The molecule has 1 aliphatic carbocycles. The third-order valence-corrected chi connectivity index (χ3v) is 4.21. The summed E-state index contributed by atoms with van der Waals surface area (Å²) in [6.07, 6.45) is 4.58. The molecule has 1 fully saturated rings. The summed E-state index contributed by atoms with van der Waals surface area (Å²) in [5.74, 6) is -0.210. The van der Waals surface area contributed by atoms with Gasteiger partial charge in [-0.1, -0.05) is 35.5 Å². The first-order valence-corrected chi connectivity index (χ1v) is 8.33. The number of rotatable bonds is 7. The number of hydrogen-bond donors (Lipinski definition) is 2. The third kappa shape index (κ3) is 4.18. The van der Waals surface area contributed by atoms with E-state index in [0.29, 0.717) is 25.4 Å². The number of carbonyl (C=O) groups is 1. The van der Waals surface area contributed by atoms with Crippen LogP contribution in [0.5, 0.6) is 0 Å². The van der Waals surface area contributed by atoms with E-state index in [2.05, 4.69) is 15.6 Å². The topological polar surface area (TPSA) is 95.1 Å². The highest BCUT2D eigenvalue weighted by atomic mass is 16.5. The standard InChI is InChI=1S/C17H23N5O2/c18-9-10-22-11-15(20-21-22)17(23)19-14-7-4-8-16(14)24-12-13-5-2-1-3-6-13/h1-3,5-6,11,14,16H,4,7-10,12,18H2,(H,19,23). The summed E-state index contributed by atoms with van der Waals surface area (Å²) in [7, 11) is 0. The van der Waals surface area contributed by atoms with Crippen LogP contribution < -0.4 is 11.1 Å². The zero-order valence-corrected chi connectivity index (χ0v) is 13.6. The number of ether oxygens (including phenoxy) is 1. The average Bonchev–Trinajstić information content (AvgIpc) is 3.24. The van der Waals surface area contributed by atoms with E-state index in [4.69, 9.17) is 10.5 Å². The first-order valence-electron chi connectivity index (χ1n) is 8.33. The van der Waals surface area contributed by atoms with E-state index in [1.54, 1.807) is 10.9 Å². The molecule has 2 atom stereocenters. The van der Waals surface area contributed by atoms with Gasteiger partial charge in [-0.25, -0.2) is 0 Å². The first kappa shape index (κ1) is 16.6. The molecule has 1 amide bonds. The lowest BCUT2D eigenvalue weighted by molar-refractivity contribution is 0.0271. The molecule has 128 valence electrons. The average molecular weight is 329 g/mol. The van der Waals surface area contributed by atoms with Crippen LogP contribution >= 0.6 is 0 Å². The summed E-state index contributed by atoms with van der Waals surface area (Å²) in [5.41, 5.74) is 6.93. The number of nitrogens with two attached hydrogens (primary N) is 1. The number of aromatic nitrogens is 3. The number of nitrogens with one attached hydrogen (secondary N) is 1. The molecule has 1 heterocycles. The molecule has 2 aromatic rings. The fourth-order valence-electron chi connectivity index (χ4n) is 2.95. The highest BCUT2D eigenvalue weighted by Crippen LogP contribution is 2.23. The van der Waals surface area contributed by atoms with Gasteiger partial charge >= 0.3 is 0 Å². The van der Waals surface area contributed by atoms with Crippen LogP contribution in [0, 0.1) is 0 Å². The Kier molecular flexibility index (Phi) is 5.55. The van der Waals surface area contributed by atoms with Gasteiger partial charge in [0, 0.05) is 6.54 Å². The van der Waals surface area contributed by atoms with Crippen molar-refractivity contribution in [3.63, 3.8) is 0 Å². The van der Waals surface area contributed by atoms with Gasteiger partial charge in [-0.2, -0.15) is 0 Å². The lowest BCUT2D eigenvalue weighted by Crippen LogP contribution is -2.41. The van der Waals surface area contributed by atoms with E-state index in [9.17, 15) is 4.79 Å². The number of carbonyl (C=O) groups excluding carboxylic acids is 1. The van der Waals surface area contributed by atoms with Crippen molar-refractivity contribution in [3.05, 3.63) is 47.8 Å². The van der Waals surface area contributed by atoms with E-state index < -0.39 is 0 Å². The summed E-state index contributed by atoms with van der Waals surface area (Å²) in [5, 5.41) is 10.8. The minimum Gasteiger partial charge on any atom is -0.371 e. The molecule has 0 spiro atoms. The fourth-order valence-corrected chi connectivity index (χ4v) is 2.95. The van der Waals surface area contributed by atoms with E-state index in [-0.39, 0.29) is 18.1 Å². The van der Waals surface area contributed by atoms with Crippen LogP contribution in [0.2, 0.25) is 0 Å². The van der Waals surface area contributed by atoms with Gasteiger partial charge in [0.2, 0.25) is 0 Å². The van der Waals surface area contributed by atoms with Crippen LogP contribution in [0.1, 0.15) is 35.3 Å². The van der Waals surface area contributed by atoms with Crippen LogP contribution in [0.4, 0.5) is 0 Å². The maximum Gasteiger partial charge on any atom is 0.273 e. The lowest BCUT2D eigenvalue weighted by atomic mass is 10.2. The molecule has 0 bridgehead atoms. The molecule has 0 saturated heterocycles. The molecule has 1 saturated carbocycles. The second-order valence-electron chi connectivity index (χ2n) is 6.00. The van der Waals surface area contributed by atoms with Crippen LogP contribution in [-0.2, 0) is 17.9 Å². The van der Waals surface area contributed by atoms with E-state index in [1.165, 1.54) is 0 Å². The third-order valence-electron chi connectivity index (χ3n) is 4.21. The van der Waals surface area contributed by atoms with Gasteiger partial charge in [0.1, 0.15) is 0 Å². The second-order valence-corrected chi connectivity index (χ2v) is 6.00. The van der Waals surface area contributed by atoms with E-state index in [0.717, 1.165) is 24.8 Å². The predicted octanol–water partition coefficient (Wildman–Crippen LogP) is 1.10. The monoisotopic (exact) mass is 329 g/mol. The fraction of sp³-hybridized carbons (Fsp3) is 0.471. The summed E-state index contributed by atoms with van der Waals surface area (Å²) < 4.78 is 7.59. The predicted molar refractivity (Wildman–Crippen MR) is 89.2 cm³/mol. The summed E-state index contributed by atoms with van der Waals surface area (Å²) >= 11 is 0. The van der Waals surface area contributed by atoms with Crippen LogP contribution in [0.3, 0.4) is 0 Å². The Hall–Kier alpha value is -2.25. The van der Waals surface area contributed by atoms with Crippen molar-refractivity contribution < 1.29 is 9.53 Å². The minimum atomic E-state index is -0.210. The van der Waals surface area contributed by atoms with Crippen LogP contribution in [0.15, 0.2) is 36.5 Å². The molecule has 24 heavy (non-hydrogen) atoms. The Balaban J connectivity index is 1.54. The van der Waals surface area contributed by atoms with Crippen molar-refractivity contribution in [1.82, 2.24) is 20.3 Å². The maximum absolute atomic E-state index is 12.3. The van der Waals surface area contributed by atoms with Gasteiger partial charge in [0.25, 0.3) is 5.91 Å². The zero-order chi connectivity index (χ0) is 16.8. The number of benzene rings is 1. The molecule has 3 rings (SSSR count). The number of amides is 1. The van der Waals surface area contributed by atoms with Crippen molar-refractivity contribution in [2.45, 2.75) is 44.6 Å². The van der Waals surface area contributed by atoms with Crippen molar-refractivity contribution in [1.29, 1.82) is 0 Å². The Bertz CT molecular complexity index is 658. The summed E-state index contributed by atoms with van der Waals surface area (Å²) in [6.45, 7) is 1.57. The molecule has 2 unspecified atom stereocenters. The Morgan fingerprint density at radius 2 is 2.17 bits per heavy atom. The van der Waals surface area contributed by atoms with Gasteiger partial charge in [-0.05, 0) is 24.8 Å². The molecule has 3 N–H and O–H groups in total. The normalized spacial score (nSPS) is 20.2. The molecular formula is C17H23N5O2. The molecule has 1 aromatic heterocycles. The largest absolute Gasteiger partial charge is 0.371 e. The highest BCUT2D eigenvalue weighted by molar-refractivity contribution is 5.92. The zero-order valence-electron chi connectivity index (χ0n) is 13.6. The van der Waals surface area contributed by atoms with Crippen LogP contribution in [0.25, 0.3) is 0 Å². The SMILES string of the molecule is NCCn1cc(C(=O)NC2CCCC2OCc2ccccc2)nn1. The van der Waals surface area contributed by atoms with Gasteiger partial charge < -0.3 is 15.8 Å². The van der Waals surface area contributed by atoms with Crippen molar-refractivity contribution >= 4 is 5.91 Å². The van der Waals surface area contributed by atoms with Gasteiger partial charge in [-0.3, -0.25) is 9.48 Å². The number of hydrogen-bond acceptors (Lipinski definition) is 5. The molecule has 0 aliphatic heterocycles. The Morgan fingerprint density at radius 3 is 2.96 bits per heavy atom. The van der Waals surface area contributed by atoms with Gasteiger partial charge in [-0.15, -0.1) is 5.10 Å². The second kappa shape index (κ2) is 8.03. The molecule has 1 aromatic carbocycles. The molecule has 0 radical (unpaired) electrons. The van der Waals surface area contributed by atoms with Crippen molar-refractivity contribution in [2.75, 3.05) is 6.54 Å². The quantitative estimate of drug-likeness (QED) is 0.793. The molecule has 1 aliphatic rings. The highest BCUT2D eigenvalue weighted by Gasteiger charge is 2.30. The molecule has 7 nitrogen and oxygen atoms in total. The smallest absolute Gasteiger partial charge is 0.273 e. The Morgan fingerprint density at radius 1 is 1.33 bits per heavy atom. The van der Waals surface area contributed by atoms with Crippen LogP contribution in [-0.4, -0.2) is 39.6 Å². The summed E-state index contributed by atoms with van der Waals surface area (Å²) in [4.78, 5) is 12.3. The number of nitrogens with zero attached hydrogens (tertiary/aromatic N) is 3. The van der Waals surface area contributed by atoms with E-state index >= 15 is 0 Å². The van der Waals surface area contributed by atoms with Gasteiger partial charge in [0.05, 0.1) is 31.5 Å². The van der Waals surface area contributed by atoms with Crippen molar-refractivity contribution in [2.24, 2.45) is 5.73 Å². The molecule has 7 heteroatoms. The first-order chi connectivity index (χ1) is 11.8. The maximum atomic E-state index is 12.3. The molecular weight excluding hydrogens is 306 g/mol. The minimum absolute atomic E-state index is 0.0147. The van der Waals surface area contributed by atoms with E-state index in [1.807, 2.05) is 30.3 Å². The van der Waals surface area contributed by atoms with Gasteiger partial charge in [0.15, 0.2) is 5.69 Å². The summed E-state index contributed by atoms with van der Waals surface area (Å²) in [6, 6.07) is 10.1. The Labute approximate surface area is 141 Å². The lowest BCUT2D eigenvalue weighted by Gasteiger charge is -2.21.